The molecule has 1 atom stereocenters. The summed E-state index contributed by atoms with van der Waals surface area (Å²) >= 11 is 0. The molecular weight excluding hydrogens is 296 g/mol. The molecule has 1 rings (SSSR count). The summed E-state index contributed by atoms with van der Waals surface area (Å²) in [6, 6.07) is 6.35. The number of sulfone groups is 1. The maximum Gasteiger partial charge on any atom is 0.321 e. The Hall–Kier alpha value is -2.09. The van der Waals surface area contributed by atoms with E-state index in [1.165, 1.54) is 13.0 Å². The van der Waals surface area contributed by atoms with Gasteiger partial charge in [-0.1, -0.05) is 6.07 Å². The molecule has 0 aliphatic heterocycles. The highest BCUT2D eigenvalue weighted by Gasteiger charge is 2.30. The molecule has 116 valence electrons. The van der Waals surface area contributed by atoms with Crippen LogP contribution in [0, 0.1) is 0 Å². The normalized spacial score (nSPS) is 12.5. The van der Waals surface area contributed by atoms with Gasteiger partial charge in [-0.15, -0.1) is 0 Å². The summed E-state index contributed by atoms with van der Waals surface area (Å²) in [5, 5.41) is 1.07. The molecule has 3 N–H and O–H groups in total. The third-order valence-corrected chi connectivity index (χ3v) is 4.62. The zero-order valence-corrected chi connectivity index (χ0v) is 12.6. The smallest absolute Gasteiger partial charge is 0.321 e. The highest BCUT2D eigenvalue weighted by molar-refractivity contribution is 7.93. The van der Waals surface area contributed by atoms with Gasteiger partial charge >= 0.3 is 5.97 Å². The number of nitrogen functional groups attached to an aromatic ring is 1. The molecule has 7 nitrogen and oxygen atoms in total. The topological polar surface area (TPSA) is 116 Å². The van der Waals surface area contributed by atoms with Crippen molar-refractivity contribution < 1.29 is 22.7 Å². The van der Waals surface area contributed by atoms with Gasteiger partial charge in [0.05, 0.1) is 6.61 Å². The molecule has 1 aromatic rings. The van der Waals surface area contributed by atoms with Crippen molar-refractivity contribution in [2.24, 2.45) is 0 Å². The number of esters is 1. The molecule has 0 spiro atoms. The van der Waals surface area contributed by atoms with Gasteiger partial charge in [0, 0.05) is 11.4 Å². The first-order valence-electron chi connectivity index (χ1n) is 6.30. The van der Waals surface area contributed by atoms with Crippen molar-refractivity contribution in [2.45, 2.75) is 19.1 Å². The molecule has 1 unspecified atom stereocenters. The average molecular weight is 314 g/mol. The van der Waals surface area contributed by atoms with Crippen molar-refractivity contribution in [3.8, 4) is 0 Å². The molecule has 8 heteroatoms. The molecular formula is C13H18N2O5S. The lowest BCUT2D eigenvalue weighted by Crippen LogP contribution is -2.36. The van der Waals surface area contributed by atoms with Crippen LogP contribution in [0.4, 0.5) is 11.4 Å². The lowest BCUT2D eigenvalue weighted by Gasteiger charge is -2.13. The number of hydrogen-bond acceptors (Lipinski definition) is 6. The van der Waals surface area contributed by atoms with Crippen LogP contribution in [0.2, 0.25) is 0 Å². The number of nitrogens with one attached hydrogen (secondary N) is 1. The van der Waals surface area contributed by atoms with Crippen LogP contribution in [-0.2, 0) is 24.2 Å². The van der Waals surface area contributed by atoms with Crippen LogP contribution in [0.5, 0.6) is 0 Å². The fourth-order valence-electron chi connectivity index (χ4n) is 1.52. The van der Waals surface area contributed by atoms with Gasteiger partial charge in [0.15, 0.2) is 9.84 Å². The predicted octanol–water partition coefficient (Wildman–Crippen LogP) is 0.574. The Morgan fingerprint density at radius 2 is 2.05 bits per heavy atom. The minimum Gasteiger partial charge on any atom is -0.465 e. The molecule has 0 aliphatic rings. The van der Waals surface area contributed by atoms with Crippen molar-refractivity contribution in [1.29, 1.82) is 0 Å². The number of nitrogens with two attached hydrogens (primary N) is 1. The van der Waals surface area contributed by atoms with Gasteiger partial charge in [0.2, 0.25) is 5.91 Å². The van der Waals surface area contributed by atoms with E-state index in [1.54, 1.807) is 25.1 Å². The fraction of sp³-hybridized carbons (Fsp3) is 0.385. The summed E-state index contributed by atoms with van der Waals surface area (Å²) in [5.41, 5.74) is 6.39. The number of carbonyl (C=O) groups excluding carboxylic acids is 2. The maximum atomic E-state index is 11.9. The maximum absolute atomic E-state index is 11.9. The van der Waals surface area contributed by atoms with Crippen LogP contribution in [-0.4, -0.2) is 37.9 Å². The van der Waals surface area contributed by atoms with Gasteiger partial charge in [-0.3, -0.25) is 9.59 Å². The van der Waals surface area contributed by atoms with Gasteiger partial charge in [-0.2, -0.15) is 0 Å². The Labute approximate surface area is 123 Å². The van der Waals surface area contributed by atoms with Gasteiger partial charge in [0.1, 0.15) is 11.0 Å². The van der Waals surface area contributed by atoms with Crippen molar-refractivity contribution in [3.63, 3.8) is 0 Å². The molecule has 21 heavy (non-hydrogen) atoms. The summed E-state index contributed by atoms with van der Waals surface area (Å²) in [6.45, 7) is 2.87. The van der Waals surface area contributed by atoms with Crippen molar-refractivity contribution in [3.05, 3.63) is 24.3 Å². The van der Waals surface area contributed by atoms with Crippen LogP contribution in [0.15, 0.2) is 24.3 Å². The molecule has 0 aliphatic carbocycles. The zero-order chi connectivity index (χ0) is 16.0. The Morgan fingerprint density at radius 3 is 2.62 bits per heavy atom. The van der Waals surface area contributed by atoms with E-state index in [2.05, 4.69) is 10.1 Å². The van der Waals surface area contributed by atoms with E-state index >= 15 is 0 Å². The van der Waals surface area contributed by atoms with E-state index in [0.29, 0.717) is 11.4 Å². The van der Waals surface area contributed by atoms with Crippen molar-refractivity contribution >= 4 is 33.1 Å². The van der Waals surface area contributed by atoms with E-state index in [-0.39, 0.29) is 6.61 Å². The first-order chi connectivity index (χ1) is 9.76. The number of carbonyl (C=O) groups is 2. The van der Waals surface area contributed by atoms with E-state index in [1.807, 2.05) is 0 Å². The Bertz CT molecular complexity index is 627. The summed E-state index contributed by atoms with van der Waals surface area (Å²) in [6.07, 6.45) is 0. The predicted molar refractivity (Wildman–Crippen MR) is 79.4 cm³/mol. The summed E-state index contributed by atoms with van der Waals surface area (Å²) in [7, 11) is -3.93. The lowest BCUT2D eigenvalue weighted by molar-refractivity contribution is -0.139. The molecule has 0 bridgehead atoms. The second-order valence-electron chi connectivity index (χ2n) is 4.37. The largest absolute Gasteiger partial charge is 0.465 e. The minimum atomic E-state index is -3.93. The number of anilines is 2. The third kappa shape index (κ3) is 5.07. The van der Waals surface area contributed by atoms with E-state index in [0.717, 1.165) is 0 Å². The second kappa shape index (κ2) is 7.07. The van der Waals surface area contributed by atoms with Gasteiger partial charge < -0.3 is 15.8 Å². The average Bonchev–Trinajstić information content (AvgIpc) is 2.37. The molecule has 0 aromatic heterocycles. The summed E-state index contributed by atoms with van der Waals surface area (Å²) < 4.78 is 28.4. The molecule has 1 amide bonds. The van der Waals surface area contributed by atoms with Crippen molar-refractivity contribution in [2.75, 3.05) is 23.4 Å². The van der Waals surface area contributed by atoms with Gasteiger partial charge in [-0.25, -0.2) is 8.42 Å². The molecule has 0 saturated carbocycles. The molecule has 0 saturated heterocycles. The summed E-state index contributed by atoms with van der Waals surface area (Å²) in [4.78, 5) is 23.2. The summed E-state index contributed by atoms with van der Waals surface area (Å²) in [5.74, 6) is -2.43. The van der Waals surface area contributed by atoms with E-state index in [9.17, 15) is 18.0 Å². The van der Waals surface area contributed by atoms with Crippen LogP contribution < -0.4 is 11.1 Å². The monoisotopic (exact) mass is 314 g/mol. The van der Waals surface area contributed by atoms with Crippen LogP contribution >= 0.6 is 0 Å². The molecule has 0 radical (unpaired) electrons. The number of ether oxygens (including phenoxy) is 1. The van der Waals surface area contributed by atoms with Gasteiger partial charge in [-0.05, 0) is 32.0 Å². The number of rotatable bonds is 6. The molecule has 0 fully saturated rings. The molecule has 1 aromatic carbocycles. The standard InChI is InChI=1S/C13H18N2O5S/c1-3-20-12(16)8-21(18,19)9(2)13(17)15-11-6-4-5-10(14)7-11/h4-7,9H,3,8,14H2,1-2H3,(H,15,17). The highest BCUT2D eigenvalue weighted by Crippen LogP contribution is 2.13. The lowest BCUT2D eigenvalue weighted by atomic mass is 10.3. The van der Waals surface area contributed by atoms with E-state index in [4.69, 9.17) is 5.73 Å². The number of benzene rings is 1. The first-order valence-corrected chi connectivity index (χ1v) is 8.01. The Morgan fingerprint density at radius 1 is 1.38 bits per heavy atom. The number of amides is 1. The second-order valence-corrected chi connectivity index (χ2v) is 6.69. The third-order valence-electron chi connectivity index (χ3n) is 2.69. The van der Waals surface area contributed by atoms with Crippen molar-refractivity contribution in [1.82, 2.24) is 0 Å². The number of hydrogen-bond donors (Lipinski definition) is 2. The Balaban J connectivity index is 2.75. The first kappa shape index (κ1) is 17.0. The Kier molecular flexibility index (Phi) is 5.71. The molecule has 0 heterocycles. The van der Waals surface area contributed by atoms with Crippen LogP contribution in [0.25, 0.3) is 0 Å². The van der Waals surface area contributed by atoms with Crippen LogP contribution in [0.3, 0.4) is 0 Å². The quantitative estimate of drug-likeness (QED) is 0.586. The fourth-order valence-corrected chi connectivity index (χ4v) is 2.56. The van der Waals surface area contributed by atoms with E-state index < -0.39 is 32.7 Å². The minimum absolute atomic E-state index is 0.0816. The van der Waals surface area contributed by atoms with Gasteiger partial charge in [0.25, 0.3) is 0 Å². The van der Waals surface area contributed by atoms with Crippen LogP contribution in [0.1, 0.15) is 13.8 Å². The highest BCUT2D eigenvalue weighted by atomic mass is 32.2. The SMILES string of the molecule is CCOC(=O)CS(=O)(=O)C(C)C(=O)Nc1cccc(N)c1. The zero-order valence-electron chi connectivity index (χ0n) is 11.8.